The lowest BCUT2D eigenvalue weighted by Gasteiger charge is -1.97. The number of carbonyl (C=O) groups is 4. The lowest BCUT2D eigenvalue weighted by atomic mass is 10.2. The second-order valence-electron chi connectivity index (χ2n) is 2.01. The lowest BCUT2D eigenvalue weighted by molar-refractivity contribution is -0.300. The van der Waals surface area contributed by atoms with Gasteiger partial charge in [-0.2, -0.15) is 0 Å². The number of Topliss-reactive ketones (excluding diaryl/α,β-unsaturated/α-hetero) is 1. The third kappa shape index (κ3) is 5.31. The van der Waals surface area contributed by atoms with E-state index in [1.165, 1.54) is 0 Å². The zero-order chi connectivity index (χ0) is 10.4. The molecular formula is C7H4O6-2. The van der Waals surface area contributed by atoms with E-state index < -0.39 is 29.9 Å². The van der Waals surface area contributed by atoms with Crippen LogP contribution in [0.4, 0.5) is 0 Å². The Morgan fingerprint density at radius 1 is 1.00 bits per heavy atom. The Labute approximate surface area is 72.5 Å². The normalized spacial score (nSPS) is 9.85. The van der Waals surface area contributed by atoms with E-state index in [1.807, 2.05) is 0 Å². The standard InChI is InChI=1S/C7H6O6/c8-4(1-2-6(10)11)3-5(9)7(12)13/h1-2H,3H2,(H,10,11)(H,12,13)/p-2/b2-1-. The van der Waals surface area contributed by atoms with Crippen molar-refractivity contribution in [1.82, 2.24) is 0 Å². The molecule has 0 aliphatic rings. The van der Waals surface area contributed by atoms with Gasteiger partial charge in [-0.25, -0.2) is 0 Å². The summed E-state index contributed by atoms with van der Waals surface area (Å²) in [4.78, 5) is 40.5. The van der Waals surface area contributed by atoms with Crippen LogP contribution in [0.25, 0.3) is 0 Å². The van der Waals surface area contributed by atoms with Crippen LogP contribution in [0.5, 0.6) is 0 Å². The van der Waals surface area contributed by atoms with Crippen molar-refractivity contribution < 1.29 is 29.4 Å². The number of hydrogen-bond donors (Lipinski definition) is 0. The molecule has 0 bridgehead atoms. The molecule has 0 saturated heterocycles. The molecule has 0 spiro atoms. The van der Waals surface area contributed by atoms with E-state index in [9.17, 15) is 29.4 Å². The zero-order valence-electron chi connectivity index (χ0n) is 6.31. The van der Waals surface area contributed by atoms with Crippen molar-refractivity contribution in [3.63, 3.8) is 0 Å². The first kappa shape index (κ1) is 11.0. The van der Waals surface area contributed by atoms with Crippen LogP contribution in [0.15, 0.2) is 12.2 Å². The van der Waals surface area contributed by atoms with Gasteiger partial charge in [-0.05, 0) is 12.2 Å². The first-order valence-corrected chi connectivity index (χ1v) is 3.09. The van der Waals surface area contributed by atoms with Gasteiger partial charge in [-0.15, -0.1) is 0 Å². The van der Waals surface area contributed by atoms with E-state index in [0.29, 0.717) is 12.2 Å². The van der Waals surface area contributed by atoms with E-state index in [2.05, 4.69) is 0 Å². The molecule has 0 unspecified atom stereocenters. The predicted molar refractivity (Wildman–Crippen MR) is 33.8 cm³/mol. The van der Waals surface area contributed by atoms with E-state index in [0.717, 1.165) is 0 Å². The number of carbonyl (C=O) groups excluding carboxylic acids is 4. The largest absolute Gasteiger partial charge is 0.545 e. The van der Waals surface area contributed by atoms with Crippen LogP contribution >= 0.6 is 0 Å². The zero-order valence-corrected chi connectivity index (χ0v) is 6.31. The second-order valence-corrected chi connectivity index (χ2v) is 2.01. The number of ketones is 2. The summed E-state index contributed by atoms with van der Waals surface area (Å²) < 4.78 is 0. The molecule has 0 N–H and O–H groups in total. The highest BCUT2D eigenvalue weighted by atomic mass is 16.4. The molecule has 0 radical (unpaired) electrons. The van der Waals surface area contributed by atoms with Crippen LogP contribution in [0.2, 0.25) is 0 Å². The van der Waals surface area contributed by atoms with Crippen molar-refractivity contribution in [3.05, 3.63) is 12.2 Å². The highest BCUT2D eigenvalue weighted by molar-refractivity contribution is 6.36. The molecule has 0 rings (SSSR count). The van der Waals surface area contributed by atoms with Crippen molar-refractivity contribution in [2.45, 2.75) is 6.42 Å². The first-order valence-electron chi connectivity index (χ1n) is 3.09. The average Bonchev–Trinajstić information content (AvgIpc) is 2.00. The van der Waals surface area contributed by atoms with Crippen LogP contribution in [-0.4, -0.2) is 23.5 Å². The van der Waals surface area contributed by atoms with Gasteiger partial charge in [0.2, 0.25) is 0 Å². The maximum absolute atomic E-state index is 10.6. The first-order chi connectivity index (χ1) is 5.93. The van der Waals surface area contributed by atoms with Crippen LogP contribution in [-0.2, 0) is 19.2 Å². The molecule has 70 valence electrons. The Bertz CT molecular complexity index is 287. The number of carboxylic acid groups (broad SMARTS) is 2. The van der Waals surface area contributed by atoms with Crippen molar-refractivity contribution >= 4 is 23.5 Å². The van der Waals surface area contributed by atoms with Gasteiger partial charge in [0.1, 0.15) is 5.97 Å². The van der Waals surface area contributed by atoms with Gasteiger partial charge >= 0.3 is 0 Å². The van der Waals surface area contributed by atoms with Gasteiger partial charge in [0.25, 0.3) is 0 Å². The van der Waals surface area contributed by atoms with E-state index in [1.54, 1.807) is 0 Å². The average molecular weight is 184 g/mol. The van der Waals surface area contributed by atoms with Crippen LogP contribution < -0.4 is 10.2 Å². The maximum atomic E-state index is 10.6. The quantitative estimate of drug-likeness (QED) is 0.249. The number of hydrogen-bond acceptors (Lipinski definition) is 6. The molecule has 0 aromatic carbocycles. The summed E-state index contributed by atoms with van der Waals surface area (Å²) in [5.41, 5.74) is 0. The number of allylic oxidation sites excluding steroid dienone is 1. The van der Waals surface area contributed by atoms with Crippen molar-refractivity contribution in [2.75, 3.05) is 0 Å². The summed E-state index contributed by atoms with van der Waals surface area (Å²) in [5.74, 6) is -5.91. The van der Waals surface area contributed by atoms with Gasteiger partial charge in [0, 0.05) is 0 Å². The van der Waals surface area contributed by atoms with Crippen LogP contribution in [0.3, 0.4) is 0 Å². The minimum atomic E-state index is -1.98. The molecular weight excluding hydrogens is 180 g/mol. The Morgan fingerprint density at radius 2 is 1.54 bits per heavy atom. The summed E-state index contributed by atoms with van der Waals surface area (Å²) in [6, 6.07) is 0. The third-order valence-corrected chi connectivity index (χ3v) is 0.968. The Balaban J connectivity index is 4.10. The molecule has 0 aliphatic heterocycles. The fraction of sp³-hybridized carbons (Fsp3) is 0.143. The molecule has 0 aromatic rings. The minimum Gasteiger partial charge on any atom is -0.545 e. The molecule has 0 aromatic heterocycles. The number of aliphatic carboxylic acids is 2. The Kier molecular flexibility index (Phi) is 4.08. The summed E-state index contributed by atoms with van der Waals surface area (Å²) in [5, 5.41) is 19.6. The van der Waals surface area contributed by atoms with Gasteiger partial charge in [-0.1, -0.05) is 0 Å². The van der Waals surface area contributed by atoms with Gasteiger partial charge in [0.15, 0.2) is 11.6 Å². The third-order valence-electron chi connectivity index (χ3n) is 0.968. The summed E-state index contributed by atoms with van der Waals surface area (Å²) in [7, 11) is 0. The molecule has 13 heavy (non-hydrogen) atoms. The van der Waals surface area contributed by atoms with Gasteiger partial charge in [-0.3, -0.25) is 9.59 Å². The number of rotatable bonds is 5. The highest BCUT2D eigenvalue weighted by Crippen LogP contribution is 1.87. The second kappa shape index (κ2) is 4.81. The molecule has 0 heterocycles. The maximum Gasteiger partial charge on any atom is 0.185 e. The van der Waals surface area contributed by atoms with Crippen molar-refractivity contribution in [2.24, 2.45) is 0 Å². The highest BCUT2D eigenvalue weighted by Gasteiger charge is 2.06. The van der Waals surface area contributed by atoms with Gasteiger partial charge in [0.05, 0.1) is 12.4 Å². The number of carboxylic acids is 2. The molecule has 0 aliphatic carbocycles. The monoisotopic (exact) mass is 184 g/mol. The summed E-state index contributed by atoms with van der Waals surface area (Å²) in [6.45, 7) is 0. The van der Waals surface area contributed by atoms with Crippen LogP contribution in [0.1, 0.15) is 6.42 Å². The molecule has 6 nitrogen and oxygen atoms in total. The lowest BCUT2D eigenvalue weighted by Crippen LogP contribution is -2.32. The SMILES string of the molecule is O=C([O-])/C=C\C(=O)CC(=O)C(=O)[O-]. The van der Waals surface area contributed by atoms with E-state index >= 15 is 0 Å². The molecule has 0 fully saturated rings. The van der Waals surface area contributed by atoms with Crippen molar-refractivity contribution in [1.29, 1.82) is 0 Å². The molecule has 0 atom stereocenters. The van der Waals surface area contributed by atoms with Crippen molar-refractivity contribution in [3.8, 4) is 0 Å². The topological polar surface area (TPSA) is 114 Å². The predicted octanol–water partition coefficient (Wildman–Crippen LogP) is -3.43. The Hall–Kier alpha value is -1.98. The Morgan fingerprint density at radius 3 is 1.92 bits per heavy atom. The van der Waals surface area contributed by atoms with E-state index in [-0.39, 0.29) is 0 Å². The molecule has 0 amide bonds. The summed E-state index contributed by atoms with van der Waals surface area (Å²) >= 11 is 0. The van der Waals surface area contributed by atoms with Crippen LogP contribution in [0, 0.1) is 0 Å². The molecule has 6 heteroatoms. The fourth-order valence-corrected chi connectivity index (χ4v) is 0.450. The fourth-order valence-electron chi connectivity index (χ4n) is 0.450. The minimum absolute atomic E-state index is 0.408. The smallest absolute Gasteiger partial charge is 0.185 e. The summed E-state index contributed by atoms with van der Waals surface area (Å²) in [6.07, 6.45) is 0.0488. The van der Waals surface area contributed by atoms with Gasteiger partial charge < -0.3 is 19.8 Å². The molecule has 0 saturated carbocycles. The van der Waals surface area contributed by atoms with E-state index in [4.69, 9.17) is 0 Å².